The van der Waals surface area contributed by atoms with Crippen LogP contribution in [0.5, 0.6) is 0 Å². The van der Waals surface area contributed by atoms with Crippen LogP contribution in [0.15, 0.2) is 0 Å². The van der Waals surface area contributed by atoms with E-state index < -0.39 is 24.6 Å². The lowest BCUT2D eigenvalue weighted by molar-refractivity contribution is -0.140. The summed E-state index contributed by atoms with van der Waals surface area (Å²) in [6.45, 7) is 3.89. The number of hydrogen-bond donors (Lipinski definition) is 3. The van der Waals surface area contributed by atoms with Crippen molar-refractivity contribution in [1.29, 1.82) is 0 Å². The number of carbonyl (C=O) groups excluding carboxylic acids is 1. The number of aliphatic hydroxyl groups excluding tert-OH is 1. The van der Waals surface area contributed by atoms with Crippen LogP contribution in [0.4, 0.5) is 4.79 Å². The van der Waals surface area contributed by atoms with E-state index in [0.717, 1.165) is 6.42 Å². The minimum absolute atomic E-state index is 0.0340. The van der Waals surface area contributed by atoms with Gasteiger partial charge in [0.15, 0.2) is 6.04 Å². The number of hydrogen-bond acceptors (Lipinski definition) is 4. The average molecular weight is 262 g/mol. The fourth-order valence-corrected chi connectivity index (χ4v) is 1.35. The lowest BCUT2D eigenvalue weighted by Gasteiger charge is -2.29. The molecule has 18 heavy (non-hydrogen) atoms. The van der Waals surface area contributed by atoms with Crippen LogP contribution in [0.2, 0.25) is 0 Å². The van der Waals surface area contributed by atoms with E-state index in [1.54, 1.807) is 0 Å². The number of carbonyl (C=O) groups is 2. The van der Waals surface area contributed by atoms with Crippen LogP contribution in [0.3, 0.4) is 0 Å². The van der Waals surface area contributed by atoms with E-state index in [0.29, 0.717) is 13.2 Å². The highest BCUT2D eigenvalue weighted by atomic mass is 16.5. The standard InChI is InChI=1S/C11H22N2O5/c1-4-8(2)13(5-6-18-3)11(17)12-9(7-14)10(15)16/h8-9,14H,4-7H2,1-3H3,(H,12,17)(H,15,16)/t8?,9-/m0/s1. The molecule has 2 amide bonds. The zero-order valence-electron chi connectivity index (χ0n) is 11.0. The maximum atomic E-state index is 11.9. The summed E-state index contributed by atoms with van der Waals surface area (Å²) in [5.74, 6) is -1.26. The number of methoxy groups -OCH3 is 1. The first-order valence-corrected chi connectivity index (χ1v) is 5.87. The fourth-order valence-electron chi connectivity index (χ4n) is 1.35. The SMILES string of the molecule is CCC(C)N(CCOC)C(=O)N[C@@H](CO)C(=O)O. The zero-order valence-corrected chi connectivity index (χ0v) is 11.0. The van der Waals surface area contributed by atoms with Gasteiger partial charge in [-0.05, 0) is 13.3 Å². The predicted molar refractivity (Wildman–Crippen MR) is 65.4 cm³/mol. The molecule has 0 aromatic heterocycles. The third-order valence-electron chi connectivity index (χ3n) is 2.70. The molecule has 0 fully saturated rings. The van der Waals surface area contributed by atoms with Crippen molar-refractivity contribution in [3.8, 4) is 0 Å². The Balaban J connectivity index is 4.58. The summed E-state index contributed by atoms with van der Waals surface area (Å²) < 4.78 is 4.91. The van der Waals surface area contributed by atoms with Crippen LogP contribution in [-0.2, 0) is 9.53 Å². The number of amides is 2. The van der Waals surface area contributed by atoms with Gasteiger partial charge in [-0.15, -0.1) is 0 Å². The Morgan fingerprint density at radius 1 is 1.44 bits per heavy atom. The molecule has 0 bridgehead atoms. The summed E-state index contributed by atoms with van der Waals surface area (Å²) >= 11 is 0. The number of aliphatic hydroxyl groups is 1. The van der Waals surface area contributed by atoms with Crippen LogP contribution in [-0.4, -0.2) is 66.1 Å². The number of nitrogens with zero attached hydrogens (tertiary/aromatic N) is 1. The molecule has 0 heterocycles. The Labute approximate surface area is 107 Å². The number of carboxylic acids is 1. The molecule has 0 saturated carbocycles. The highest BCUT2D eigenvalue weighted by Crippen LogP contribution is 2.04. The van der Waals surface area contributed by atoms with E-state index in [4.69, 9.17) is 14.9 Å². The summed E-state index contributed by atoms with van der Waals surface area (Å²) in [5, 5.41) is 19.9. The molecule has 7 heteroatoms. The maximum absolute atomic E-state index is 11.9. The normalized spacial score (nSPS) is 13.8. The zero-order chi connectivity index (χ0) is 14.1. The Kier molecular flexibility index (Phi) is 8.06. The van der Waals surface area contributed by atoms with Crippen LogP contribution in [0.25, 0.3) is 0 Å². The van der Waals surface area contributed by atoms with Gasteiger partial charge in [0.1, 0.15) is 0 Å². The quantitative estimate of drug-likeness (QED) is 0.567. The molecule has 0 radical (unpaired) electrons. The molecule has 0 aliphatic heterocycles. The molecular weight excluding hydrogens is 240 g/mol. The van der Waals surface area contributed by atoms with Gasteiger partial charge >= 0.3 is 12.0 Å². The second-order valence-electron chi connectivity index (χ2n) is 3.97. The summed E-state index contributed by atoms with van der Waals surface area (Å²) in [4.78, 5) is 24.1. The second-order valence-corrected chi connectivity index (χ2v) is 3.97. The lowest BCUT2D eigenvalue weighted by atomic mass is 10.2. The number of carboxylic acid groups (broad SMARTS) is 1. The lowest BCUT2D eigenvalue weighted by Crippen LogP contribution is -2.52. The van der Waals surface area contributed by atoms with Crippen molar-refractivity contribution in [2.45, 2.75) is 32.4 Å². The van der Waals surface area contributed by atoms with Gasteiger partial charge < -0.3 is 25.2 Å². The molecule has 2 atom stereocenters. The molecule has 106 valence electrons. The van der Waals surface area contributed by atoms with Crippen LogP contribution in [0, 0.1) is 0 Å². The van der Waals surface area contributed by atoms with E-state index in [9.17, 15) is 9.59 Å². The third-order valence-corrected chi connectivity index (χ3v) is 2.70. The van der Waals surface area contributed by atoms with Crippen molar-refractivity contribution in [2.75, 3.05) is 26.9 Å². The Morgan fingerprint density at radius 3 is 2.44 bits per heavy atom. The number of aliphatic carboxylic acids is 1. The summed E-state index contributed by atoms with van der Waals surface area (Å²) in [6, 6.07) is -1.83. The van der Waals surface area contributed by atoms with Crippen molar-refractivity contribution in [3.63, 3.8) is 0 Å². The first-order chi connectivity index (χ1) is 8.47. The van der Waals surface area contributed by atoms with E-state index in [1.807, 2.05) is 13.8 Å². The second kappa shape index (κ2) is 8.71. The molecule has 0 aliphatic carbocycles. The van der Waals surface area contributed by atoms with Gasteiger partial charge in [-0.25, -0.2) is 9.59 Å². The first-order valence-electron chi connectivity index (χ1n) is 5.87. The van der Waals surface area contributed by atoms with Crippen molar-refractivity contribution in [1.82, 2.24) is 10.2 Å². The molecule has 3 N–H and O–H groups in total. The first kappa shape index (κ1) is 16.7. The number of rotatable bonds is 8. The van der Waals surface area contributed by atoms with Crippen molar-refractivity contribution >= 4 is 12.0 Å². The molecule has 0 aliphatic rings. The van der Waals surface area contributed by atoms with Crippen molar-refractivity contribution in [3.05, 3.63) is 0 Å². The molecule has 1 unspecified atom stereocenters. The molecular formula is C11H22N2O5. The smallest absolute Gasteiger partial charge is 0.328 e. The Morgan fingerprint density at radius 2 is 2.06 bits per heavy atom. The van der Waals surface area contributed by atoms with Gasteiger partial charge in [0.2, 0.25) is 0 Å². The topological polar surface area (TPSA) is 99.1 Å². The van der Waals surface area contributed by atoms with Gasteiger partial charge in [0.05, 0.1) is 13.2 Å². The van der Waals surface area contributed by atoms with Crippen LogP contribution in [0.1, 0.15) is 20.3 Å². The molecule has 0 aromatic rings. The molecule has 0 rings (SSSR count). The van der Waals surface area contributed by atoms with Gasteiger partial charge in [0.25, 0.3) is 0 Å². The number of nitrogens with one attached hydrogen (secondary N) is 1. The summed E-state index contributed by atoms with van der Waals surface area (Å²) in [5.41, 5.74) is 0. The fraction of sp³-hybridized carbons (Fsp3) is 0.818. The minimum atomic E-state index is -1.29. The minimum Gasteiger partial charge on any atom is -0.480 e. The molecule has 7 nitrogen and oxygen atoms in total. The van der Waals surface area contributed by atoms with Gasteiger partial charge in [0, 0.05) is 19.7 Å². The Bertz CT molecular complexity index is 272. The largest absolute Gasteiger partial charge is 0.480 e. The molecule has 0 saturated heterocycles. The highest BCUT2D eigenvalue weighted by Gasteiger charge is 2.24. The van der Waals surface area contributed by atoms with Crippen molar-refractivity contribution < 1.29 is 24.5 Å². The summed E-state index contributed by atoms with van der Waals surface area (Å²) in [7, 11) is 1.53. The third kappa shape index (κ3) is 5.33. The number of ether oxygens (including phenoxy) is 1. The van der Waals surface area contributed by atoms with E-state index >= 15 is 0 Å². The number of urea groups is 1. The maximum Gasteiger partial charge on any atom is 0.328 e. The van der Waals surface area contributed by atoms with Gasteiger partial charge in [-0.2, -0.15) is 0 Å². The molecule has 0 aromatic carbocycles. The predicted octanol–water partition coefficient (Wildman–Crippen LogP) is -0.112. The Hall–Kier alpha value is -1.34. The van der Waals surface area contributed by atoms with Crippen LogP contribution >= 0.6 is 0 Å². The average Bonchev–Trinajstić information content (AvgIpc) is 2.35. The van der Waals surface area contributed by atoms with E-state index in [1.165, 1.54) is 12.0 Å². The van der Waals surface area contributed by atoms with Gasteiger partial charge in [-0.3, -0.25) is 0 Å². The molecule has 0 spiro atoms. The van der Waals surface area contributed by atoms with E-state index in [2.05, 4.69) is 5.32 Å². The van der Waals surface area contributed by atoms with E-state index in [-0.39, 0.29) is 6.04 Å². The van der Waals surface area contributed by atoms with Gasteiger partial charge in [-0.1, -0.05) is 6.92 Å². The van der Waals surface area contributed by atoms with Crippen molar-refractivity contribution in [2.24, 2.45) is 0 Å². The summed E-state index contributed by atoms with van der Waals surface area (Å²) in [6.07, 6.45) is 0.744. The highest BCUT2D eigenvalue weighted by molar-refractivity contribution is 5.82. The van der Waals surface area contributed by atoms with Crippen LogP contribution < -0.4 is 5.32 Å². The monoisotopic (exact) mass is 262 g/mol.